The van der Waals surface area contributed by atoms with Gasteiger partial charge in [-0.3, -0.25) is 18.7 Å². The Morgan fingerprint density at radius 3 is 2.54 bits per heavy atom. The van der Waals surface area contributed by atoms with Crippen LogP contribution in [-0.2, 0) is 25.4 Å². The molecule has 0 aliphatic heterocycles. The molecule has 1 N–H and O–H groups in total. The molecule has 2 aromatic heterocycles. The Balaban J connectivity index is 1.77. The summed E-state index contributed by atoms with van der Waals surface area (Å²) in [6, 6.07) is 7.31. The second-order valence-corrected chi connectivity index (χ2v) is 5.94. The number of anilines is 1. The summed E-state index contributed by atoms with van der Waals surface area (Å²) in [6.07, 6.45) is 3.36. The van der Waals surface area contributed by atoms with E-state index in [1.54, 1.807) is 29.8 Å². The van der Waals surface area contributed by atoms with Crippen molar-refractivity contribution in [1.82, 2.24) is 18.7 Å². The van der Waals surface area contributed by atoms with Gasteiger partial charge in [0.15, 0.2) is 11.2 Å². The van der Waals surface area contributed by atoms with Crippen LogP contribution in [0.4, 0.5) is 5.69 Å². The summed E-state index contributed by atoms with van der Waals surface area (Å²) in [5, 5.41) is 2.80. The van der Waals surface area contributed by atoms with Gasteiger partial charge < -0.3 is 9.88 Å². The largest absolute Gasteiger partial charge is 0.332 e. The molecule has 0 unspecified atom stereocenters. The standard InChI is InChI=1S/C18H19N5O3/c1-4-12-5-7-13(8-6-12)20-14(24)9-10-23-11-19-16-15(23)17(25)22(3)18(26)21(16)2/h4-8,11H,1,9-10H2,2-3H3,(H,20,24). The molecule has 2 heterocycles. The van der Waals surface area contributed by atoms with Crippen LogP contribution in [0, 0.1) is 0 Å². The zero-order valence-corrected chi connectivity index (χ0v) is 14.6. The Bertz CT molecular complexity index is 1100. The lowest BCUT2D eigenvalue weighted by atomic mass is 10.2. The van der Waals surface area contributed by atoms with Crippen LogP contribution in [-0.4, -0.2) is 24.6 Å². The molecule has 8 nitrogen and oxygen atoms in total. The van der Waals surface area contributed by atoms with E-state index in [9.17, 15) is 14.4 Å². The van der Waals surface area contributed by atoms with Crippen molar-refractivity contribution in [1.29, 1.82) is 0 Å². The third kappa shape index (κ3) is 3.08. The van der Waals surface area contributed by atoms with Crippen molar-refractivity contribution in [3.05, 3.63) is 63.6 Å². The molecule has 3 aromatic rings. The van der Waals surface area contributed by atoms with E-state index in [1.165, 1.54) is 17.9 Å². The molecule has 0 fully saturated rings. The third-order valence-corrected chi connectivity index (χ3v) is 4.23. The molecule has 1 aromatic carbocycles. The van der Waals surface area contributed by atoms with Crippen LogP contribution in [0.5, 0.6) is 0 Å². The number of hydrogen-bond acceptors (Lipinski definition) is 4. The molecule has 0 saturated heterocycles. The maximum Gasteiger partial charge on any atom is 0.332 e. The summed E-state index contributed by atoms with van der Waals surface area (Å²) in [7, 11) is 2.97. The summed E-state index contributed by atoms with van der Waals surface area (Å²) in [4.78, 5) is 40.6. The first-order valence-electron chi connectivity index (χ1n) is 8.05. The minimum absolute atomic E-state index is 0.167. The number of aromatic nitrogens is 4. The van der Waals surface area contributed by atoms with Gasteiger partial charge in [0.2, 0.25) is 5.91 Å². The lowest BCUT2D eigenvalue weighted by Gasteiger charge is -2.08. The predicted octanol–water partition coefficient (Wildman–Crippen LogP) is 1.11. The lowest BCUT2D eigenvalue weighted by Crippen LogP contribution is -2.37. The molecule has 3 rings (SSSR count). The highest BCUT2D eigenvalue weighted by atomic mass is 16.2. The van der Waals surface area contributed by atoms with Crippen LogP contribution >= 0.6 is 0 Å². The summed E-state index contributed by atoms with van der Waals surface area (Å²) >= 11 is 0. The molecule has 0 radical (unpaired) electrons. The van der Waals surface area contributed by atoms with E-state index in [0.717, 1.165) is 10.1 Å². The first-order chi connectivity index (χ1) is 12.4. The fourth-order valence-electron chi connectivity index (χ4n) is 2.71. The van der Waals surface area contributed by atoms with E-state index < -0.39 is 11.2 Å². The lowest BCUT2D eigenvalue weighted by molar-refractivity contribution is -0.116. The first-order valence-corrected chi connectivity index (χ1v) is 8.05. The van der Waals surface area contributed by atoms with Gasteiger partial charge in [0, 0.05) is 32.7 Å². The number of amides is 1. The van der Waals surface area contributed by atoms with Crippen LogP contribution < -0.4 is 16.6 Å². The number of fused-ring (bicyclic) bond motifs is 1. The number of rotatable bonds is 5. The highest BCUT2D eigenvalue weighted by Gasteiger charge is 2.14. The normalized spacial score (nSPS) is 10.8. The maximum absolute atomic E-state index is 12.4. The zero-order chi connectivity index (χ0) is 18.8. The van der Waals surface area contributed by atoms with Crippen LogP contribution in [0.25, 0.3) is 17.2 Å². The SMILES string of the molecule is C=Cc1ccc(NC(=O)CCn2cnc3c2c(=O)n(C)c(=O)n3C)cc1. The van der Waals surface area contributed by atoms with Crippen LogP contribution in [0.15, 0.2) is 46.8 Å². The van der Waals surface area contributed by atoms with E-state index in [4.69, 9.17) is 0 Å². The van der Waals surface area contributed by atoms with Crippen LogP contribution in [0.1, 0.15) is 12.0 Å². The molecule has 1 amide bonds. The van der Waals surface area contributed by atoms with Gasteiger partial charge in [-0.2, -0.15) is 0 Å². The minimum Gasteiger partial charge on any atom is -0.326 e. The molecule has 134 valence electrons. The summed E-state index contributed by atoms with van der Waals surface area (Å²) < 4.78 is 3.94. The smallest absolute Gasteiger partial charge is 0.326 e. The van der Waals surface area contributed by atoms with E-state index in [-0.39, 0.29) is 18.9 Å². The summed E-state index contributed by atoms with van der Waals surface area (Å²) in [5.41, 5.74) is 1.40. The molecule has 0 bridgehead atoms. The van der Waals surface area contributed by atoms with Crippen LogP contribution in [0.3, 0.4) is 0 Å². The molecular weight excluding hydrogens is 334 g/mol. The second kappa shape index (κ2) is 6.83. The summed E-state index contributed by atoms with van der Waals surface area (Å²) in [6.45, 7) is 3.96. The van der Waals surface area contributed by atoms with Gasteiger partial charge in [-0.15, -0.1) is 0 Å². The van der Waals surface area contributed by atoms with Gasteiger partial charge in [0.25, 0.3) is 5.56 Å². The molecule has 8 heteroatoms. The summed E-state index contributed by atoms with van der Waals surface area (Å²) in [5.74, 6) is -0.181. The third-order valence-electron chi connectivity index (χ3n) is 4.23. The number of carbonyl (C=O) groups is 1. The average Bonchev–Trinajstić information content (AvgIpc) is 3.07. The molecule has 26 heavy (non-hydrogen) atoms. The number of carbonyl (C=O) groups excluding carboxylic acids is 1. The van der Waals surface area contributed by atoms with Gasteiger partial charge in [0.05, 0.1) is 6.33 Å². The Labute approximate surface area is 149 Å². The number of nitrogens with zero attached hydrogens (tertiary/aromatic N) is 4. The van der Waals surface area contributed by atoms with Gasteiger partial charge >= 0.3 is 5.69 Å². The highest BCUT2D eigenvalue weighted by Crippen LogP contribution is 2.11. The van der Waals surface area contributed by atoms with Gasteiger partial charge in [-0.1, -0.05) is 24.8 Å². The Morgan fingerprint density at radius 1 is 1.19 bits per heavy atom. The van der Waals surface area contributed by atoms with Crippen molar-refractivity contribution in [2.45, 2.75) is 13.0 Å². The van der Waals surface area contributed by atoms with E-state index >= 15 is 0 Å². The quantitative estimate of drug-likeness (QED) is 0.744. The Morgan fingerprint density at radius 2 is 1.88 bits per heavy atom. The van der Waals surface area contributed by atoms with Crippen molar-refractivity contribution < 1.29 is 4.79 Å². The maximum atomic E-state index is 12.4. The molecule has 0 aliphatic carbocycles. The number of hydrogen-bond donors (Lipinski definition) is 1. The van der Waals surface area contributed by atoms with Gasteiger partial charge in [-0.05, 0) is 17.7 Å². The predicted molar refractivity (Wildman–Crippen MR) is 100.0 cm³/mol. The molecule has 0 saturated carbocycles. The van der Waals surface area contributed by atoms with E-state index in [2.05, 4.69) is 16.9 Å². The molecule has 0 aliphatic rings. The van der Waals surface area contributed by atoms with Crippen molar-refractivity contribution in [2.75, 3.05) is 5.32 Å². The van der Waals surface area contributed by atoms with Crippen molar-refractivity contribution in [3.8, 4) is 0 Å². The van der Waals surface area contributed by atoms with Crippen molar-refractivity contribution >= 4 is 28.8 Å². The fourth-order valence-corrected chi connectivity index (χ4v) is 2.71. The zero-order valence-electron chi connectivity index (χ0n) is 14.6. The molecule has 0 spiro atoms. The Hall–Kier alpha value is -3.42. The number of benzene rings is 1. The molecular formula is C18H19N5O3. The van der Waals surface area contributed by atoms with Gasteiger partial charge in [0.1, 0.15) is 0 Å². The van der Waals surface area contributed by atoms with Crippen LogP contribution in [0.2, 0.25) is 0 Å². The monoisotopic (exact) mass is 353 g/mol. The van der Waals surface area contributed by atoms with Crippen molar-refractivity contribution in [2.24, 2.45) is 14.1 Å². The second-order valence-electron chi connectivity index (χ2n) is 5.94. The van der Waals surface area contributed by atoms with E-state index in [1.807, 2.05) is 12.1 Å². The first kappa shape index (κ1) is 17.4. The number of nitrogens with one attached hydrogen (secondary N) is 1. The van der Waals surface area contributed by atoms with E-state index in [0.29, 0.717) is 16.9 Å². The topological polar surface area (TPSA) is 90.9 Å². The molecule has 0 atom stereocenters. The number of aryl methyl sites for hydroxylation is 2. The van der Waals surface area contributed by atoms with Gasteiger partial charge in [-0.25, -0.2) is 9.78 Å². The number of imidazole rings is 1. The Kier molecular flexibility index (Phi) is 4.57. The average molecular weight is 353 g/mol. The highest BCUT2D eigenvalue weighted by molar-refractivity contribution is 5.90. The minimum atomic E-state index is -0.437. The van der Waals surface area contributed by atoms with Crippen molar-refractivity contribution in [3.63, 3.8) is 0 Å². The fraction of sp³-hybridized carbons (Fsp3) is 0.222.